The molecular weight excluding hydrogens is 400 g/mol. The van der Waals surface area contributed by atoms with Crippen molar-refractivity contribution >= 4 is 43.9 Å². The molecule has 1 aliphatic carbocycles. The minimum Gasteiger partial charge on any atom is -0.465 e. The van der Waals surface area contributed by atoms with Crippen LogP contribution < -0.4 is 9.62 Å². The molecule has 1 N–H and O–H groups in total. The minimum absolute atomic E-state index is 0.384. The van der Waals surface area contributed by atoms with E-state index in [0.29, 0.717) is 16.3 Å². The molecule has 0 saturated heterocycles. The molecule has 0 bridgehead atoms. The van der Waals surface area contributed by atoms with Gasteiger partial charge in [0.15, 0.2) is 0 Å². The van der Waals surface area contributed by atoms with Gasteiger partial charge in [0.05, 0.1) is 24.6 Å². The van der Waals surface area contributed by atoms with E-state index < -0.39 is 21.9 Å². The second kappa shape index (κ2) is 7.92. The molecule has 1 aliphatic rings. The average molecular weight is 423 g/mol. The summed E-state index contributed by atoms with van der Waals surface area (Å²) < 4.78 is 30.3. The molecule has 0 saturated carbocycles. The SMILES string of the molecule is COC(=O)c1c(NC(=O)CN(c2ccc(C)cc2)S(C)(=O)=O)sc2c1CCC2. The Bertz CT molecular complexity index is 1010. The van der Waals surface area contributed by atoms with Crippen LogP contribution in [0.3, 0.4) is 0 Å². The van der Waals surface area contributed by atoms with Crippen molar-refractivity contribution in [3.05, 3.63) is 45.8 Å². The fourth-order valence-corrected chi connectivity index (χ4v) is 5.37. The molecular formula is C19H22N2O5S2. The van der Waals surface area contributed by atoms with E-state index >= 15 is 0 Å². The summed E-state index contributed by atoms with van der Waals surface area (Å²) in [6.07, 6.45) is 3.65. The van der Waals surface area contributed by atoms with Crippen LogP contribution in [0.1, 0.15) is 32.8 Å². The van der Waals surface area contributed by atoms with Crippen molar-refractivity contribution in [1.82, 2.24) is 0 Å². The first-order valence-electron chi connectivity index (χ1n) is 8.77. The zero-order valence-corrected chi connectivity index (χ0v) is 17.6. The predicted octanol–water partition coefficient (Wildman–Crippen LogP) is 2.74. The number of sulfonamides is 1. The number of amides is 1. The van der Waals surface area contributed by atoms with Crippen LogP contribution in [0.25, 0.3) is 0 Å². The van der Waals surface area contributed by atoms with Gasteiger partial charge in [-0.25, -0.2) is 13.2 Å². The summed E-state index contributed by atoms with van der Waals surface area (Å²) in [6.45, 7) is 1.51. The van der Waals surface area contributed by atoms with Crippen molar-refractivity contribution in [1.29, 1.82) is 0 Å². The third-order valence-electron chi connectivity index (χ3n) is 4.57. The Hall–Kier alpha value is -2.39. The molecule has 2 aromatic rings. The summed E-state index contributed by atoms with van der Waals surface area (Å²) in [6, 6.07) is 6.88. The number of fused-ring (bicyclic) bond motifs is 1. The topological polar surface area (TPSA) is 92.8 Å². The Morgan fingerprint density at radius 1 is 1.21 bits per heavy atom. The number of methoxy groups -OCH3 is 1. The van der Waals surface area contributed by atoms with Crippen molar-refractivity contribution in [3.8, 4) is 0 Å². The van der Waals surface area contributed by atoms with Crippen molar-refractivity contribution in [3.63, 3.8) is 0 Å². The van der Waals surface area contributed by atoms with E-state index in [1.807, 2.05) is 6.92 Å². The number of hydrogen-bond donors (Lipinski definition) is 1. The number of thiophene rings is 1. The summed E-state index contributed by atoms with van der Waals surface area (Å²) in [4.78, 5) is 25.9. The molecule has 3 rings (SSSR count). The molecule has 0 spiro atoms. The van der Waals surface area contributed by atoms with Gasteiger partial charge >= 0.3 is 5.97 Å². The van der Waals surface area contributed by atoms with E-state index in [1.54, 1.807) is 24.3 Å². The third-order valence-corrected chi connectivity index (χ3v) is 6.92. The normalized spacial score (nSPS) is 13.1. The van der Waals surface area contributed by atoms with E-state index in [1.165, 1.54) is 18.4 Å². The Balaban J connectivity index is 1.84. The first-order valence-corrected chi connectivity index (χ1v) is 11.4. The van der Waals surface area contributed by atoms with Crippen LogP contribution in [0.4, 0.5) is 10.7 Å². The summed E-state index contributed by atoms with van der Waals surface area (Å²) in [5.41, 5.74) is 2.70. The number of carbonyl (C=O) groups is 2. The molecule has 7 nitrogen and oxygen atoms in total. The Labute approximate surface area is 168 Å². The van der Waals surface area contributed by atoms with Crippen LogP contribution >= 0.6 is 11.3 Å². The molecule has 0 radical (unpaired) electrons. The van der Waals surface area contributed by atoms with Crippen LogP contribution in [-0.4, -0.2) is 40.2 Å². The summed E-state index contributed by atoms with van der Waals surface area (Å²) in [7, 11) is -2.36. The lowest BCUT2D eigenvalue weighted by atomic mass is 10.1. The molecule has 150 valence electrons. The van der Waals surface area contributed by atoms with E-state index in [9.17, 15) is 18.0 Å². The number of anilines is 2. The number of benzene rings is 1. The maximum Gasteiger partial charge on any atom is 0.341 e. The van der Waals surface area contributed by atoms with Gasteiger partial charge in [-0.1, -0.05) is 17.7 Å². The van der Waals surface area contributed by atoms with Gasteiger partial charge in [-0.3, -0.25) is 9.10 Å². The third kappa shape index (κ3) is 4.20. The number of hydrogen-bond acceptors (Lipinski definition) is 6. The van der Waals surface area contributed by atoms with Crippen LogP contribution in [-0.2, 0) is 32.4 Å². The number of carbonyl (C=O) groups excluding carboxylic acids is 2. The molecule has 28 heavy (non-hydrogen) atoms. The molecule has 1 heterocycles. The van der Waals surface area contributed by atoms with Crippen molar-refractivity contribution in [2.45, 2.75) is 26.2 Å². The standard InChI is InChI=1S/C19H22N2O5S2/c1-12-7-9-13(10-8-12)21(28(3,24)25)11-16(22)20-18-17(19(23)26-2)14-5-4-6-15(14)27-18/h7-10H,4-6,11H2,1-3H3,(H,20,22). The zero-order valence-electron chi connectivity index (χ0n) is 15.9. The highest BCUT2D eigenvalue weighted by Crippen LogP contribution is 2.39. The Morgan fingerprint density at radius 2 is 1.89 bits per heavy atom. The molecule has 0 aliphatic heterocycles. The maximum atomic E-state index is 12.6. The largest absolute Gasteiger partial charge is 0.465 e. The lowest BCUT2D eigenvalue weighted by molar-refractivity contribution is -0.114. The first kappa shape index (κ1) is 20.3. The van der Waals surface area contributed by atoms with Gasteiger partial charge in [-0.15, -0.1) is 11.3 Å². The molecule has 1 amide bonds. The van der Waals surface area contributed by atoms with Crippen LogP contribution in [0.15, 0.2) is 24.3 Å². The van der Waals surface area contributed by atoms with Gasteiger partial charge < -0.3 is 10.1 Å². The summed E-state index contributed by atoms with van der Waals surface area (Å²) in [5, 5.41) is 3.13. The van der Waals surface area contributed by atoms with Gasteiger partial charge in [0, 0.05) is 4.88 Å². The fraction of sp³-hybridized carbons (Fsp3) is 0.368. The number of aryl methyl sites for hydroxylation is 2. The van der Waals surface area contributed by atoms with Gasteiger partial charge in [-0.2, -0.15) is 0 Å². The highest BCUT2D eigenvalue weighted by atomic mass is 32.2. The smallest absolute Gasteiger partial charge is 0.341 e. The first-order chi connectivity index (χ1) is 13.2. The number of esters is 1. The summed E-state index contributed by atoms with van der Waals surface area (Å²) in [5.74, 6) is -1.01. The predicted molar refractivity (Wildman–Crippen MR) is 110 cm³/mol. The maximum absolute atomic E-state index is 12.6. The van der Waals surface area contributed by atoms with Crippen molar-refractivity contribution in [2.24, 2.45) is 0 Å². The summed E-state index contributed by atoms with van der Waals surface area (Å²) >= 11 is 1.35. The van der Waals surface area contributed by atoms with Crippen molar-refractivity contribution < 1.29 is 22.7 Å². The monoisotopic (exact) mass is 422 g/mol. The van der Waals surface area contributed by atoms with Crippen LogP contribution in [0.2, 0.25) is 0 Å². The molecule has 0 atom stereocenters. The number of nitrogens with one attached hydrogen (secondary N) is 1. The quantitative estimate of drug-likeness (QED) is 0.723. The van der Waals surface area contributed by atoms with Gasteiger partial charge in [0.25, 0.3) is 0 Å². The second-order valence-electron chi connectivity index (χ2n) is 6.71. The van der Waals surface area contributed by atoms with Gasteiger partial charge in [0.2, 0.25) is 15.9 Å². The van der Waals surface area contributed by atoms with Gasteiger partial charge in [-0.05, 0) is 43.9 Å². The number of rotatable bonds is 6. The number of nitrogens with zero attached hydrogens (tertiary/aromatic N) is 1. The van der Waals surface area contributed by atoms with E-state index in [4.69, 9.17) is 4.74 Å². The van der Waals surface area contributed by atoms with E-state index in [0.717, 1.165) is 45.8 Å². The molecule has 0 fully saturated rings. The van der Waals surface area contributed by atoms with E-state index in [-0.39, 0.29) is 6.54 Å². The lowest BCUT2D eigenvalue weighted by Crippen LogP contribution is -2.37. The van der Waals surface area contributed by atoms with Gasteiger partial charge in [0.1, 0.15) is 11.5 Å². The Morgan fingerprint density at radius 3 is 2.50 bits per heavy atom. The highest BCUT2D eigenvalue weighted by Gasteiger charge is 2.29. The average Bonchev–Trinajstić information content (AvgIpc) is 3.19. The molecule has 0 unspecified atom stereocenters. The fourth-order valence-electron chi connectivity index (χ4n) is 3.22. The van der Waals surface area contributed by atoms with Crippen LogP contribution in [0, 0.1) is 6.92 Å². The van der Waals surface area contributed by atoms with E-state index in [2.05, 4.69) is 5.32 Å². The Kier molecular flexibility index (Phi) is 5.76. The van der Waals surface area contributed by atoms with Crippen molar-refractivity contribution in [2.75, 3.05) is 29.5 Å². The van der Waals surface area contributed by atoms with Crippen LogP contribution in [0.5, 0.6) is 0 Å². The lowest BCUT2D eigenvalue weighted by Gasteiger charge is -2.22. The molecule has 1 aromatic carbocycles. The second-order valence-corrected chi connectivity index (χ2v) is 9.72. The zero-order chi connectivity index (χ0) is 20.5. The molecule has 1 aromatic heterocycles. The number of ether oxygens (including phenoxy) is 1. The highest BCUT2D eigenvalue weighted by molar-refractivity contribution is 7.92. The molecule has 9 heteroatoms. The minimum atomic E-state index is -3.66.